The highest BCUT2D eigenvalue weighted by Gasteiger charge is 2.23. The van der Waals surface area contributed by atoms with Crippen molar-refractivity contribution >= 4 is 10.8 Å². The van der Waals surface area contributed by atoms with Crippen molar-refractivity contribution in [3.05, 3.63) is 35.9 Å². The standard InChI is InChI=1S/C15H24N2OS/c1-13(12-19(2)18)16-15-8-9-17(11-15)10-14-6-4-3-5-7-14/h3-7,13,15-16H,8-12H2,1-2H3. The zero-order valence-corrected chi connectivity index (χ0v) is 12.7. The summed E-state index contributed by atoms with van der Waals surface area (Å²) in [6.45, 7) is 5.40. The topological polar surface area (TPSA) is 32.3 Å². The predicted octanol–water partition coefficient (Wildman–Crippen LogP) is 1.62. The zero-order valence-electron chi connectivity index (χ0n) is 11.8. The molecule has 0 saturated carbocycles. The van der Waals surface area contributed by atoms with Gasteiger partial charge in [0.2, 0.25) is 0 Å². The molecule has 1 aliphatic rings. The first-order valence-electron chi connectivity index (χ1n) is 6.96. The SMILES string of the molecule is CC(CS(C)=O)NC1CCN(Cc2ccccc2)C1. The maximum Gasteiger partial charge on any atom is 0.0383 e. The number of nitrogens with zero attached hydrogens (tertiary/aromatic N) is 1. The molecule has 2 rings (SSSR count). The molecular formula is C15H24N2OS. The molecule has 3 unspecified atom stereocenters. The predicted molar refractivity (Wildman–Crippen MR) is 81.7 cm³/mol. The van der Waals surface area contributed by atoms with E-state index in [9.17, 15) is 4.21 Å². The van der Waals surface area contributed by atoms with Crippen molar-refractivity contribution in [2.75, 3.05) is 25.1 Å². The Labute approximate surface area is 118 Å². The number of hydrogen-bond donors (Lipinski definition) is 1. The van der Waals surface area contributed by atoms with Crippen LogP contribution in [0.25, 0.3) is 0 Å². The summed E-state index contributed by atoms with van der Waals surface area (Å²) in [5.74, 6) is 0.745. The maximum atomic E-state index is 11.2. The van der Waals surface area contributed by atoms with Gasteiger partial charge in [-0.1, -0.05) is 30.3 Å². The van der Waals surface area contributed by atoms with E-state index in [0.717, 1.165) is 25.4 Å². The van der Waals surface area contributed by atoms with Gasteiger partial charge in [-0.25, -0.2) is 0 Å². The van der Waals surface area contributed by atoms with E-state index in [2.05, 4.69) is 47.5 Å². The maximum absolute atomic E-state index is 11.2. The first-order valence-corrected chi connectivity index (χ1v) is 8.68. The van der Waals surface area contributed by atoms with Gasteiger partial charge in [0, 0.05) is 54.5 Å². The molecule has 3 nitrogen and oxygen atoms in total. The molecule has 1 saturated heterocycles. The number of nitrogens with one attached hydrogen (secondary N) is 1. The van der Waals surface area contributed by atoms with Gasteiger partial charge in [0.1, 0.15) is 0 Å². The van der Waals surface area contributed by atoms with E-state index in [1.807, 2.05) is 0 Å². The molecular weight excluding hydrogens is 256 g/mol. The minimum absolute atomic E-state index is 0.340. The van der Waals surface area contributed by atoms with Crippen LogP contribution in [0.5, 0.6) is 0 Å². The van der Waals surface area contributed by atoms with E-state index in [1.165, 1.54) is 12.0 Å². The Morgan fingerprint density at radius 3 is 2.84 bits per heavy atom. The van der Waals surface area contributed by atoms with Crippen LogP contribution in [0, 0.1) is 0 Å². The zero-order chi connectivity index (χ0) is 13.7. The molecule has 0 spiro atoms. The Balaban J connectivity index is 1.75. The molecule has 0 radical (unpaired) electrons. The summed E-state index contributed by atoms with van der Waals surface area (Å²) in [6.07, 6.45) is 2.96. The molecule has 1 N–H and O–H groups in total. The van der Waals surface area contributed by atoms with Crippen molar-refractivity contribution in [3.8, 4) is 0 Å². The lowest BCUT2D eigenvalue weighted by atomic mass is 10.2. The largest absolute Gasteiger partial charge is 0.309 e. The summed E-state index contributed by atoms with van der Waals surface area (Å²) < 4.78 is 11.2. The summed E-state index contributed by atoms with van der Waals surface area (Å²) in [5.41, 5.74) is 1.38. The number of likely N-dealkylation sites (tertiary alicyclic amines) is 1. The molecule has 1 aromatic carbocycles. The van der Waals surface area contributed by atoms with Crippen LogP contribution in [-0.2, 0) is 17.3 Å². The average molecular weight is 280 g/mol. The van der Waals surface area contributed by atoms with Crippen molar-refractivity contribution < 1.29 is 4.21 Å². The Kier molecular flexibility index (Phi) is 5.55. The Morgan fingerprint density at radius 1 is 1.42 bits per heavy atom. The fourth-order valence-electron chi connectivity index (χ4n) is 2.76. The van der Waals surface area contributed by atoms with E-state index < -0.39 is 10.8 Å². The molecule has 1 aromatic rings. The van der Waals surface area contributed by atoms with E-state index in [-0.39, 0.29) is 0 Å². The summed E-state index contributed by atoms with van der Waals surface area (Å²) in [5, 5.41) is 3.59. The van der Waals surface area contributed by atoms with Crippen molar-refractivity contribution in [3.63, 3.8) is 0 Å². The Hall–Kier alpha value is -0.710. The van der Waals surface area contributed by atoms with Crippen LogP contribution in [0.4, 0.5) is 0 Å². The van der Waals surface area contributed by atoms with Gasteiger partial charge in [-0.15, -0.1) is 0 Å². The first-order chi connectivity index (χ1) is 9.13. The minimum atomic E-state index is -0.712. The second-order valence-electron chi connectivity index (χ2n) is 5.51. The summed E-state index contributed by atoms with van der Waals surface area (Å²) in [7, 11) is -0.712. The average Bonchev–Trinajstić information content (AvgIpc) is 2.76. The molecule has 3 atom stereocenters. The monoisotopic (exact) mass is 280 g/mol. The van der Waals surface area contributed by atoms with Gasteiger partial charge in [0.15, 0.2) is 0 Å². The fourth-order valence-corrected chi connectivity index (χ4v) is 3.56. The molecule has 1 fully saturated rings. The van der Waals surface area contributed by atoms with Crippen LogP contribution in [0.3, 0.4) is 0 Å². The smallest absolute Gasteiger partial charge is 0.0383 e. The second kappa shape index (κ2) is 7.17. The molecule has 0 amide bonds. The first kappa shape index (κ1) is 14.7. The molecule has 0 aromatic heterocycles. The highest BCUT2D eigenvalue weighted by atomic mass is 32.2. The van der Waals surface area contributed by atoms with Crippen molar-refractivity contribution in [1.29, 1.82) is 0 Å². The van der Waals surface area contributed by atoms with Gasteiger partial charge >= 0.3 is 0 Å². The lowest BCUT2D eigenvalue weighted by molar-refractivity contribution is 0.317. The normalized spacial score (nSPS) is 23.4. The summed E-state index contributed by atoms with van der Waals surface area (Å²) in [4.78, 5) is 2.49. The third-order valence-corrected chi connectivity index (χ3v) is 4.50. The van der Waals surface area contributed by atoms with E-state index in [0.29, 0.717) is 12.1 Å². The molecule has 0 bridgehead atoms. The van der Waals surface area contributed by atoms with E-state index in [4.69, 9.17) is 0 Å². The van der Waals surface area contributed by atoms with Crippen LogP contribution in [0.15, 0.2) is 30.3 Å². The van der Waals surface area contributed by atoms with Gasteiger partial charge in [0.25, 0.3) is 0 Å². The molecule has 19 heavy (non-hydrogen) atoms. The fraction of sp³-hybridized carbons (Fsp3) is 0.600. The number of rotatable bonds is 6. The second-order valence-corrected chi connectivity index (χ2v) is 6.99. The van der Waals surface area contributed by atoms with E-state index >= 15 is 0 Å². The summed E-state index contributed by atoms with van der Waals surface area (Å²) in [6, 6.07) is 11.5. The van der Waals surface area contributed by atoms with Crippen molar-refractivity contribution in [2.24, 2.45) is 0 Å². The highest BCUT2D eigenvalue weighted by molar-refractivity contribution is 7.84. The van der Waals surface area contributed by atoms with Crippen LogP contribution in [0.1, 0.15) is 18.9 Å². The molecule has 4 heteroatoms. The van der Waals surface area contributed by atoms with Gasteiger partial charge in [0.05, 0.1) is 0 Å². The van der Waals surface area contributed by atoms with Crippen LogP contribution >= 0.6 is 0 Å². The quantitative estimate of drug-likeness (QED) is 0.859. The molecule has 106 valence electrons. The van der Waals surface area contributed by atoms with Gasteiger partial charge in [-0.2, -0.15) is 0 Å². The number of hydrogen-bond acceptors (Lipinski definition) is 3. The molecule has 1 aliphatic heterocycles. The molecule has 1 heterocycles. The summed E-state index contributed by atoms with van der Waals surface area (Å²) >= 11 is 0. The minimum Gasteiger partial charge on any atom is -0.309 e. The van der Waals surface area contributed by atoms with Gasteiger partial charge < -0.3 is 5.32 Å². The molecule has 0 aliphatic carbocycles. The van der Waals surface area contributed by atoms with Crippen LogP contribution in [-0.4, -0.2) is 46.3 Å². The Morgan fingerprint density at radius 2 is 2.16 bits per heavy atom. The third kappa shape index (κ3) is 5.05. The van der Waals surface area contributed by atoms with Gasteiger partial charge in [-0.05, 0) is 18.9 Å². The highest BCUT2D eigenvalue weighted by Crippen LogP contribution is 2.13. The van der Waals surface area contributed by atoms with E-state index in [1.54, 1.807) is 6.26 Å². The van der Waals surface area contributed by atoms with Crippen molar-refractivity contribution in [1.82, 2.24) is 10.2 Å². The van der Waals surface area contributed by atoms with Crippen LogP contribution in [0.2, 0.25) is 0 Å². The number of benzene rings is 1. The van der Waals surface area contributed by atoms with Crippen molar-refractivity contribution in [2.45, 2.75) is 32.0 Å². The lowest BCUT2D eigenvalue weighted by Gasteiger charge is -2.20. The Bertz CT molecular complexity index is 410. The van der Waals surface area contributed by atoms with Gasteiger partial charge in [-0.3, -0.25) is 9.11 Å². The van der Waals surface area contributed by atoms with Crippen LogP contribution < -0.4 is 5.32 Å². The lowest BCUT2D eigenvalue weighted by Crippen LogP contribution is -2.41. The third-order valence-electron chi connectivity index (χ3n) is 3.53.